The van der Waals surface area contributed by atoms with Gasteiger partial charge >= 0.3 is 0 Å². The van der Waals surface area contributed by atoms with Crippen molar-refractivity contribution in [2.45, 2.75) is 25.4 Å². The van der Waals surface area contributed by atoms with Crippen molar-refractivity contribution in [2.75, 3.05) is 13.1 Å². The molecule has 3 N–H and O–H groups in total. The summed E-state index contributed by atoms with van der Waals surface area (Å²) in [7, 11) is 0. The number of phenolic OH excluding ortho intramolecular Hbond substituents is 1. The monoisotopic (exact) mass is 206 g/mol. The van der Waals surface area contributed by atoms with Gasteiger partial charge in [-0.05, 0) is 31.0 Å². The summed E-state index contributed by atoms with van der Waals surface area (Å²) >= 11 is 0. The molecule has 0 spiro atoms. The first-order valence-corrected chi connectivity index (χ1v) is 5.45. The van der Waals surface area contributed by atoms with Crippen LogP contribution in [0.3, 0.4) is 0 Å². The Labute approximate surface area is 90.5 Å². The maximum atomic E-state index is 9.41. The zero-order valence-electron chi connectivity index (χ0n) is 9.06. The second kappa shape index (κ2) is 4.21. The third-order valence-corrected chi connectivity index (χ3v) is 3.16. The van der Waals surface area contributed by atoms with Crippen LogP contribution < -0.4 is 5.73 Å². The Kier molecular flexibility index (Phi) is 2.93. The molecule has 0 radical (unpaired) electrons. The minimum atomic E-state index is 0.310. The van der Waals surface area contributed by atoms with Crippen LogP contribution in [0.2, 0.25) is 0 Å². The minimum Gasteiger partial charge on any atom is -0.508 e. The van der Waals surface area contributed by atoms with Gasteiger partial charge in [0.2, 0.25) is 0 Å². The van der Waals surface area contributed by atoms with Crippen LogP contribution in [-0.4, -0.2) is 29.1 Å². The molecule has 0 aromatic heterocycles. The molecule has 1 aliphatic heterocycles. The van der Waals surface area contributed by atoms with Crippen molar-refractivity contribution < 1.29 is 5.11 Å². The Morgan fingerprint density at radius 1 is 1.53 bits per heavy atom. The molecule has 2 rings (SSSR count). The van der Waals surface area contributed by atoms with E-state index >= 15 is 0 Å². The fraction of sp³-hybridized carbons (Fsp3) is 0.500. The lowest BCUT2D eigenvalue weighted by atomic mass is 10.1. The molecule has 82 valence electrons. The van der Waals surface area contributed by atoms with Crippen LogP contribution in [0.1, 0.15) is 24.9 Å². The smallest absolute Gasteiger partial charge is 0.115 e. The quantitative estimate of drug-likeness (QED) is 0.770. The van der Waals surface area contributed by atoms with Gasteiger partial charge in [-0.15, -0.1) is 0 Å². The Morgan fingerprint density at radius 2 is 2.33 bits per heavy atom. The number of likely N-dealkylation sites (tertiary alicyclic amines) is 1. The van der Waals surface area contributed by atoms with Gasteiger partial charge in [0.25, 0.3) is 0 Å². The number of nitrogens with two attached hydrogens (primary N) is 1. The third-order valence-electron chi connectivity index (χ3n) is 3.16. The van der Waals surface area contributed by atoms with Crippen LogP contribution in [0, 0.1) is 0 Å². The molecule has 3 nitrogen and oxygen atoms in total. The molecule has 15 heavy (non-hydrogen) atoms. The van der Waals surface area contributed by atoms with Crippen LogP contribution in [-0.2, 0) is 0 Å². The summed E-state index contributed by atoms with van der Waals surface area (Å²) in [5, 5.41) is 9.41. The van der Waals surface area contributed by atoms with Crippen molar-refractivity contribution in [1.29, 1.82) is 0 Å². The van der Waals surface area contributed by atoms with E-state index in [1.54, 1.807) is 6.07 Å². The topological polar surface area (TPSA) is 49.5 Å². The summed E-state index contributed by atoms with van der Waals surface area (Å²) in [5.74, 6) is 0.336. The van der Waals surface area contributed by atoms with Gasteiger partial charge < -0.3 is 10.8 Å². The average Bonchev–Trinajstić information content (AvgIpc) is 2.64. The molecule has 0 bridgehead atoms. The Balaban J connectivity index is 2.10. The lowest BCUT2D eigenvalue weighted by molar-refractivity contribution is 0.259. The van der Waals surface area contributed by atoms with E-state index in [0.29, 0.717) is 17.8 Å². The minimum absolute atomic E-state index is 0.310. The van der Waals surface area contributed by atoms with E-state index in [0.717, 1.165) is 25.1 Å². The highest BCUT2D eigenvalue weighted by molar-refractivity contribution is 5.29. The summed E-state index contributed by atoms with van der Waals surface area (Å²) in [5.41, 5.74) is 7.04. The summed E-state index contributed by atoms with van der Waals surface area (Å²) < 4.78 is 0. The van der Waals surface area contributed by atoms with E-state index in [2.05, 4.69) is 11.8 Å². The van der Waals surface area contributed by atoms with E-state index < -0.39 is 0 Å². The molecule has 1 saturated heterocycles. The number of benzene rings is 1. The highest BCUT2D eigenvalue weighted by atomic mass is 16.3. The molecule has 2 atom stereocenters. The van der Waals surface area contributed by atoms with Crippen molar-refractivity contribution in [3.8, 4) is 5.75 Å². The molecule has 1 fully saturated rings. The van der Waals surface area contributed by atoms with Crippen LogP contribution in [0.25, 0.3) is 0 Å². The first-order chi connectivity index (χ1) is 7.16. The number of hydrogen-bond donors (Lipinski definition) is 2. The molecule has 2 unspecified atom stereocenters. The van der Waals surface area contributed by atoms with Gasteiger partial charge in [-0.3, -0.25) is 4.90 Å². The molecule has 1 aliphatic rings. The van der Waals surface area contributed by atoms with Crippen LogP contribution in [0.15, 0.2) is 24.3 Å². The van der Waals surface area contributed by atoms with Crippen LogP contribution >= 0.6 is 0 Å². The molecular formula is C12H18N2O. The molecule has 3 heteroatoms. The summed E-state index contributed by atoms with van der Waals surface area (Å²) in [6, 6.07) is 8.11. The van der Waals surface area contributed by atoms with Crippen molar-refractivity contribution in [2.24, 2.45) is 5.73 Å². The molecule has 1 aromatic carbocycles. The normalized spacial score (nSPS) is 24.3. The van der Waals surface area contributed by atoms with Gasteiger partial charge in [0.05, 0.1) is 0 Å². The van der Waals surface area contributed by atoms with E-state index in [9.17, 15) is 5.11 Å². The largest absolute Gasteiger partial charge is 0.508 e. The third kappa shape index (κ3) is 2.30. The maximum Gasteiger partial charge on any atom is 0.115 e. The molecule has 0 saturated carbocycles. The van der Waals surface area contributed by atoms with Crippen molar-refractivity contribution >= 4 is 0 Å². The first kappa shape index (κ1) is 10.5. The fourth-order valence-corrected chi connectivity index (χ4v) is 2.16. The Morgan fingerprint density at radius 3 is 2.93 bits per heavy atom. The fourth-order valence-electron chi connectivity index (χ4n) is 2.16. The van der Waals surface area contributed by atoms with E-state index in [4.69, 9.17) is 5.73 Å². The van der Waals surface area contributed by atoms with Gasteiger partial charge in [-0.1, -0.05) is 12.1 Å². The van der Waals surface area contributed by atoms with Crippen LogP contribution in [0.4, 0.5) is 0 Å². The van der Waals surface area contributed by atoms with E-state index in [1.807, 2.05) is 18.2 Å². The summed E-state index contributed by atoms with van der Waals surface area (Å²) in [6.45, 7) is 4.17. The van der Waals surface area contributed by atoms with Crippen molar-refractivity contribution in [3.05, 3.63) is 29.8 Å². The predicted octanol–water partition coefficient (Wildman–Crippen LogP) is 1.49. The molecule has 0 amide bonds. The maximum absolute atomic E-state index is 9.41. The number of phenols is 1. The summed E-state index contributed by atoms with van der Waals surface area (Å²) in [4.78, 5) is 2.36. The van der Waals surface area contributed by atoms with Gasteiger partial charge in [-0.25, -0.2) is 0 Å². The van der Waals surface area contributed by atoms with Crippen molar-refractivity contribution in [3.63, 3.8) is 0 Å². The molecule has 1 heterocycles. The Hall–Kier alpha value is -1.06. The number of rotatable bonds is 2. The first-order valence-electron chi connectivity index (χ1n) is 5.45. The van der Waals surface area contributed by atoms with E-state index in [-0.39, 0.29) is 0 Å². The average molecular weight is 206 g/mol. The number of aromatic hydroxyl groups is 1. The Bertz CT molecular complexity index is 340. The van der Waals surface area contributed by atoms with Gasteiger partial charge in [0.1, 0.15) is 5.75 Å². The second-order valence-electron chi connectivity index (χ2n) is 4.31. The SMILES string of the molecule is CC(c1cccc(O)c1)N1CCC(N)C1. The summed E-state index contributed by atoms with van der Waals surface area (Å²) in [6.07, 6.45) is 1.07. The lowest BCUT2D eigenvalue weighted by Gasteiger charge is -2.24. The van der Waals surface area contributed by atoms with Gasteiger partial charge in [0, 0.05) is 25.2 Å². The molecule has 1 aromatic rings. The number of hydrogen-bond acceptors (Lipinski definition) is 3. The standard InChI is InChI=1S/C12H18N2O/c1-9(14-6-5-11(13)8-14)10-3-2-4-12(15)7-10/h2-4,7,9,11,15H,5-6,8,13H2,1H3. The zero-order valence-corrected chi connectivity index (χ0v) is 9.06. The predicted molar refractivity (Wildman–Crippen MR) is 60.7 cm³/mol. The van der Waals surface area contributed by atoms with Crippen molar-refractivity contribution in [1.82, 2.24) is 4.90 Å². The lowest BCUT2D eigenvalue weighted by Crippen LogP contribution is -2.28. The molecule has 0 aliphatic carbocycles. The second-order valence-corrected chi connectivity index (χ2v) is 4.31. The van der Waals surface area contributed by atoms with Gasteiger partial charge in [0.15, 0.2) is 0 Å². The van der Waals surface area contributed by atoms with Crippen LogP contribution in [0.5, 0.6) is 5.75 Å². The van der Waals surface area contributed by atoms with E-state index in [1.165, 1.54) is 0 Å². The number of nitrogens with zero attached hydrogens (tertiary/aromatic N) is 1. The molecular weight excluding hydrogens is 188 g/mol. The zero-order chi connectivity index (χ0) is 10.8. The highest BCUT2D eigenvalue weighted by Crippen LogP contribution is 2.26. The van der Waals surface area contributed by atoms with Gasteiger partial charge in [-0.2, -0.15) is 0 Å². The highest BCUT2D eigenvalue weighted by Gasteiger charge is 2.24.